The van der Waals surface area contributed by atoms with Gasteiger partial charge in [-0.15, -0.1) is 10.2 Å². The van der Waals surface area contributed by atoms with Crippen molar-refractivity contribution in [2.45, 2.75) is 24.9 Å². The van der Waals surface area contributed by atoms with Crippen LogP contribution >= 0.6 is 10.7 Å². The number of halogens is 1. The number of nitrogens with zero attached hydrogens (tertiary/aromatic N) is 3. The van der Waals surface area contributed by atoms with E-state index in [1.165, 1.54) is 4.57 Å². The molecular weight excluding hydrogens is 254 g/mol. The molecule has 0 amide bonds. The smallest absolute Gasteiger partial charge is 0.296 e. The number of aromatic nitrogens is 3. The minimum atomic E-state index is -3.83. The second kappa shape index (κ2) is 5.60. The first-order chi connectivity index (χ1) is 7.46. The van der Waals surface area contributed by atoms with E-state index in [1.54, 1.807) is 7.05 Å². The molecule has 1 aromatic heterocycles. The van der Waals surface area contributed by atoms with Crippen LogP contribution in [-0.4, -0.2) is 36.4 Å². The summed E-state index contributed by atoms with van der Waals surface area (Å²) in [6, 6.07) is 0. The maximum absolute atomic E-state index is 11.1. The Hall–Kier alpha value is -0.660. The van der Waals surface area contributed by atoms with E-state index in [4.69, 9.17) is 15.4 Å². The average molecular weight is 268 g/mol. The average Bonchev–Trinajstić information content (AvgIpc) is 2.54. The number of ether oxygens (including phenoxy) is 1. The molecular formula is C8H14ClN3O3S. The van der Waals surface area contributed by atoms with E-state index in [9.17, 15) is 8.42 Å². The summed E-state index contributed by atoms with van der Waals surface area (Å²) >= 11 is 0. The fourth-order valence-corrected chi connectivity index (χ4v) is 2.16. The summed E-state index contributed by atoms with van der Waals surface area (Å²) in [6.45, 7) is 3.18. The van der Waals surface area contributed by atoms with E-state index in [0.717, 1.165) is 6.42 Å². The lowest BCUT2D eigenvalue weighted by Gasteiger charge is -2.02. The zero-order chi connectivity index (χ0) is 12.2. The van der Waals surface area contributed by atoms with E-state index < -0.39 is 9.05 Å². The summed E-state index contributed by atoms with van der Waals surface area (Å²) in [6.07, 6.45) is 1.45. The summed E-state index contributed by atoms with van der Waals surface area (Å²) in [4.78, 5) is 0. The molecule has 0 aliphatic rings. The van der Waals surface area contributed by atoms with Gasteiger partial charge in [0.25, 0.3) is 14.2 Å². The maximum atomic E-state index is 11.1. The van der Waals surface area contributed by atoms with E-state index in [-0.39, 0.29) is 5.16 Å². The van der Waals surface area contributed by atoms with Crippen molar-refractivity contribution in [3.8, 4) is 0 Å². The third-order valence-electron chi connectivity index (χ3n) is 1.96. The third kappa shape index (κ3) is 3.43. The molecule has 1 heterocycles. The van der Waals surface area contributed by atoms with Gasteiger partial charge in [-0.3, -0.25) is 0 Å². The first-order valence-electron chi connectivity index (χ1n) is 4.87. The largest absolute Gasteiger partial charge is 0.381 e. The van der Waals surface area contributed by atoms with Crippen molar-refractivity contribution in [2.75, 3.05) is 13.2 Å². The number of hydrogen-bond donors (Lipinski definition) is 0. The Labute approximate surface area is 99.0 Å². The maximum Gasteiger partial charge on any atom is 0.296 e. The molecule has 1 aromatic rings. The van der Waals surface area contributed by atoms with Gasteiger partial charge in [0.1, 0.15) is 5.82 Å². The summed E-state index contributed by atoms with van der Waals surface area (Å²) < 4.78 is 28.7. The van der Waals surface area contributed by atoms with Gasteiger partial charge < -0.3 is 9.30 Å². The van der Waals surface area contributed by atoms with E-state index >= 15 is 0 Å². The highest BCUT2D eigenvalue weighted by Crippen LogP contribution is 2.12. The van der Waals surface area contributed by atoms with Crippen LogP contribution in [0.5, 0.6) is 0 Å². The summed E-state index contributed by atoms with van der Waals surface area (Å²) in [5, 5.41) is 7.04. The van der Waals surface area contributed by atoms with Crippen molar-refractivity contribution >= 4 is 19.7 Å². The highest BCUT2D eigenvalue weighted by molar-refractivity contribution is 8.13. The van der Waals surface area contributed by atoms with Crippen LogP contribution in [0.25, 0.3) is 0 Å². The minimum absolute atomic E-state index is 0.236. The highest BCUT2D eigenvalue weighted by atomic mass is 35.7. The van der Waals surface area contributed by atoms with Gasteiger partial charge >= 0.3 is 0 Å². The van der Waals surface area contributed by atoms with Crippen molar-refractivity contribution < 1.29 is 13.2 Å². The number of hydrogen-bond acceptors (Lipinski definition) is 5. The van der Waals surface area contributed by atoms with Gasteiger partial charge in [0.2, 0.25) is 0 Å². The summed E-state index contributed by atoms with van der Waals surface area (Å²) in [5.41, 5.74) is 0. The monoisotopic (exact) mass is 267 g/mol. The minimum Gasteiger partial charge on any atom is -0.381 e. The molecule has 8 heteroatoms. The Kier molecular flexibility index (Phi) is 4.69. The van der Waals surface area contributed by atoms with Crippen LogP contribution in [-0.2, 0) is 27.3 Å². The van der Waals surface area contributed by atoms with E-state index in [0.29, 0.717) is 25.5 Å². The van der Waals surface area contributed by atoms with Gasteiger partial charge in [-0.25, -0.2) is 8.42 Å². The second-order valence-electron chi connectivity index (χ2n) is 3.26. The molecule has 0 unspecified atom stereocenters. The molecule has 0 N–H and O–H groups in total. The van der Waals surface area contributed by atoms with Crippen LogP contribution in [0.15, 0.2) is 5.16 Å². The van der Waals surface area contributed by atoms with Crippen molar-refractivity contribution in [2.24, 2.45) is 7.05 Å². The summed E-state index contributed by atoms with van der Waals surface area (Å²) in [7, 11) is 2.91. The Morgan fingerprint density at radius 2 is 2.06 bits per heavy atom. The predicted octanol–water partition coefficient (Wildman–Crippen LogP) is 0.712. The lowest BCUT2D eigenvalue weighted by molar-refractivity contribution is 0.136. The zero-order valence-electron chi connectivity index (χ0n) is 9.18. The normalized spacial score (nSPS) is 11.9. The third-order valence-corrected chi connectivity index (χ3v) is 3.17. The molecule has 0 saturated carbocycles. The van der Waals surface area contributed by atoms with Crippen molar-refractivity contribution in [1.82, 2.24) is 14.8 Å². The molecule has 16 heavy (non-hydrogen) atoms. The van der Waals surface area contributed by atoms with Crippen LogP contribution in [0.1, 0.15) is 19.2 Å². The van der Waals surface area contributed by atoms with Crippen molar-refractivity contribution in [3.63, 3.8) is 0 Å². The highest BCUT2D eigenvalue weighted by Gasteiger charge is 2.19. The van der Waals surface area contributed by atoms with Gasteiger partial charge in [0.15, 0.2) is 0 Å². The molecule has 0 spiro atoms. The molecule has 0 saturated heterocycles. The lowest BCUT2D eigenvalue weighted by Crippen LogP contribution is -2.08. The van der Waals surface area contributed by atoms with Gasteiger partial charge in [-0.2, -0.15) is 0 Å². The van der Waals surface area contributed by atoms with Crippen molar-refractivity contribution in [3.05, 3.63) is 5.82 Å². The second-order valence-corrected chi connectivity index (χ2v) is 5.72. The van der Waals surface area contributed by atoms with Crippen LogP contribution in [0.3, 0.4) is 0 Å². The first-order valence-corrected chi connectivity index (χ1v) is 7.18. The van der Waals surface area contributed by atoms with Crippen LogP contribution in [0.4, 0.5) is 0 Å². The number of rotatable bonds is 6. The Morgan fingerprint density at radius 1 is 1.38 bits per heavy atom. The van der Waals surface area contributed by atoms with Gasteiger partial charge in [-0.05, 0) is 6.42 Å². The van der Waals surface area contributed by atoms with Crippen LogP contribution in [0.2, 0.25) is 0 Å². The van der Waals surface area contributed by atoms with Crippen molar-refractivity contribution in [1.29, 1.82) is 0 Å². The van der Waals surface area contributed by atoms with Crippen LogP contribution < -0.4 is 0 Å². The predicted molar refractivity (Wildman–Crippen MR) is 58.9 cm³/mol. The molecule has 0 bridgehead atoms. The molecule has 0 atom stereocenters. The van der Waals surface area contributed by atoms with Gasteiger partial charge in [-0.1, -0.05) is 6.92 Å². The standard InChI is InChI=1S/C8H14ClN3O3S/c1-3-5-15-6-4-7-10-11-8(12(7)2)16(9,13)14/h3-6H2,1-2H3. The summed E-state index contributed by atoms with van der Waals surface area (Å²) in [5.74, 6) is 0.537. The van der Waals surface area contributed by atoms with Gasteiger partial charge in [0.05, 0.1) is 6.61 Å². The molecule has 0 aromatic carbocycles. The molecule has 0 aliphatic carbocycles. The fraction of sp³-hybridized carbons (Fsp3) is 0.750. The molecule has 0 aliphatic heterocycles. The molecule has 92 valence electrons. The molecule has 0 radical (unpaired) electrons. The Balaban J connectivity index is 2.66. The molecule has 6 nitrogen and oxygen atoms in total. The lowest BCUT2D eigenvalue weighted by atomic mass is 10.4. The zero-order valence-corrected chi connectivity index (χ0v) is 10.8. The SMILES string of the molecule is CCCOCCc1nnc(S(=O)(=O)Cl)n1C. The first kappa shape index (κ1) is 13.4. The quantitative estimate of drug-likeness (QED) is 0.561. The van der Waals surface area contributed by atoms with E-state index in [2.05, 4.69) is 10.2 Å². The van der Waals surface area contributed by atoms with Crippen LogP contribution in [0, 0.1) is 0 Å². The Morgan fingerprint density at radius 3 is 2.56 bits per heavy atom. The molecule has 0 fully saturated rings. The Bertz CT molecular complexity index is 443. The van der Waals surface area contributed by atoms with Gasteiger partial charge in [0, 0.05) is 30.8 Å². The fourth-order valence-electron chi connectivity index (χ4n) is 1.18. The topological polar surface area (TPSA) is 74.1 Å². The van der Waals surface area contributed by atoms with E-state index in [1.807, 2.05) is 6.92 Å². The molecule has 1 rings (SSSR count).